The maximum Gasteiger partial charge on any atom is 0.231 e. The van der Waals surface area contributed by atoms with E-state index in [1.165, 1.54) is 0 Å². The molecule has 5 rings (SSSR count). The van der Waals surface area contributed by atoms with Crippen LogP contribution in [0.3, 0.4) is 0 Å². The maximum absolute atomic E-state index is 13.0. The predicted molar refractivity (Wildman–Crippen MR) is 112 cm³/mol. The van der Waals surface area contributed by atoms with E-state index in [0.29, 0.717) is 29.2 Å². The van der Waals surface area contributed by atoms with Crippen LogP contribution < -0.4 is 10.1 Å². The van der Waals surface area contributed by atoms with Gasteiger partial charge in [-0.05, 0) is 31.2 Å². The summed E-state index contributed by atoms with van der Waals surface area (Å²) in [6.45, 7) is 6.17. The molecule has 0 aliphatic carbocycles. The fourth-order valence-electron chi connectivity index (χ4n) is 4.16. The SMILES string of the molecule is Cc1[nH]c2ccccc2c1C=C1Oc2c(ccc(O)c2CN2CCNCC2)C1=O. The molecular weight excluding hydrogens is 366 g/mol. The second-order valence-electron chi connectivity index (χ2n) is 7.62. The van der Waals surface area contributed by atoms with Crippen LogP contribution in [-0.2, 0) is 6.54 Å². The number of carbonyl (C=O) groups excluding carboxylic acids is 1. The number of piperazine rings is 1. The molecule has 0 atom stereocenters. The standard InChI is InChI=1S/C23H23N3O3/c1-14-17(15-4-2-3-5-19(15)25-14)12-21-22(28)16-6-7-20(27)18(23(16)29-21)13-26-10-8-24-9-11-26/h2-7,12,24-25,27H,8-11,13H2,1H3. The van der Waals surface area contributed by atoms with Crippen LogP contribution in [0.1, 0.15) is 27.2 Å². The molecule has 3 N–H and O–H groups in total. The molecule has 3 aromatic rings. The maximum atomic E-state index is 13.0. The Hall–Kier alpha value is -3.09. The predicted octanol–water partition coefficient (Wildman–Crippen LogP) is 3.20. The first-order chi connectivity index (χ1) is 14.1. The Balaban J connectivity index is 1.52. The van der Waals surface area contributed by atoms with E-state index in [9.17, 15) is 9.90 Å². The Bertz CT molecular complexity index is 1140. The van der Waals surface area contributed by atoms with Crippen LogP contribution in [-0.4, -0.2) is 47.0 Å². The molecule has 6 nitrogen and oxygen atoms in total. The Labute approximate surface area is 168 Å². The number of para-hydroxylation sites is 1. The fraction of sp³-hybridized carbons (Fsp3) is 0.261. The lowest BCUT2D eigenvalue weighted by molar-refractivity contribution is 0.101. The van der Waals surface area contributed by atoms with E-state index < -0.39 is 0 Å². The quantitative estimate of drug-likeness (QED) is 0.600. The fourth-order valence-corrected chi connectivity index (χ4v) is 4.16. The number of nitrogens with one attached hydrogen (secondary N) is 2. The molecule has 0 amide bonds. The van der Waals surface area contributed by atoms with Crippen LogP contribution in [0, 0.1) is 6.92 Å². The summed E-state index contributed by atoms with van der Waals surface area (Å²) in [5.41, 5.74) is 4.14. The topological polar surface area (TPSA) is 77.6 Å². The van der Waals surface area contributed by atoms with Gasteiger partial charge < -0.3 is 20.1 Å². The van der Waals surface area contributed by atoms with Crippen molar-refractivity contribution in [2.24, 2.45) is 0 Å². The highest BCUT2D eigenvalue weighted by Crippen LogP contribution is 2.40. The van der Waals surface area contributed by atoms with Crippen molar-refractivity contribution in [2.75, 3.05) is 26.2 Å². The van der Waals surface area contributed by atoms with Gasteiger partial charge in [0, 0.05) is 54.9 Å². The van der Waals surface area contributed by atoms with Gasteiger partial charge in [-0.15, -0.1) is 0 Å². The van der Waals surface area contributed by atoms with Crippen LogP contribution in [0.5, 0.6) is 11.5 Å². The van der Waals surface area contributed by atoms with E-state index in [0.717, 1.165) is 48.3 Å². The molecule has 0 spiro atoms. The lowest BCUT2D eigenvalue weighted by Gasteiger charge is -2.27. The minimum absolute atomic E-state index is 0.147. The average molecular weight is 389 g/mol. The summed E-state index contributed by atoms with van der Waals surface area (Å²) in [4.78, 5) is 18.6. The van der Waals surface area contributed by atoms with Gasteiger partial charge in [-0.2, -0.15) is 0 Å². The molecule has 1 fully saturated rings. The number of aromatic hydroxyl groups is 1. The molecule has 29 heavy (non-hydrogen) atoms. The number of phenolic OH excluding ortho intramolecular Hbond substituents is 1. The summed E-state index contributed by atoms with van der Waals surface area (Å²) in [6.07, 6.45) is 1.81. The highest BCUT2D eigenvalue weighted by molar-refractivity contribution is 6.15. The first kappa shape index (κ1) is 18.0. The van der Waals surface area contributed by atoms with E-state index in [2.05, 4.69) is 15.2 Å². The molecule has 0 saturated carbocycles. The van der Waals surface area contributed by atoms with Gasteiger partial charge in [0.05, 0.1) is 11.1 Å². The summed E-state index contributed by atoms with van der Waals surface area (Å²) in [6, 6.07) is 11.2. The summed E-state index contributed by atoms with van der Waals surface area (Å²) < 4.78 is 6.05. The van der Waals surface area contributed by atoms with Crippen molar-refractivity contribution in [2.45, 2.75) is 13.5 Å². The number of allylic oxidation sites excluding steroid dienone is 1. The first-order valence-electron chi connectivity index (χ1n) is 9.91. The van der Waals surface area contributed by atoms with Gasteiger partial charge in [0.15, 0.2) is 5.76 Å². The van der Waals surface area contributed by atoms with Gasteiger partial charge in [-0.3, -0.25) is 9.69 Å². The van der Waals surface area contributed by atoms with Gasteiger partial charge in [-0.25, -0.2) is 0 Å². The van der Waals surface area contributed by atoms with Crippen molar-refractivity contribution in [3.8, 4) is 11.5 Å². The molecule has 1 saturated heterocycles. The van der Waals surface area contributed by atoms with E-state index in [4.69, 9.17) is 4.74 Å². The minimum Gasteiger partial charge on any atom is -0.507 e. The molecule has 6 heteroatoms. The van der Waals surface area contributed by atoms with Crippen molar-refractivity contribution < 1.29 is 14.6 Å². The second kappa shape index (κ2) is 7.06. The molecule has 148 valence electrons. The number of carbonyl (C=O) groups is 1. The van der Waals surface area contributed by atoms with Crippen LogP contribution in [0.25, 0.3) is 17.0 Å². The Morgan fingerprint density at radius 1 is 1.17 bits per heavy atom. The van der Waals surface area contributed by atoms with Crippen LogP contribution in [0.15, 0.2) is 42.2 Å². The molecule has 1 aromatic heterocycles. The number of rotatable bonds is 3. The van der Waals surface area contributed by atoms with Crippen LogP contribution in [0.2, 0.25) is 0 Å². The van der Waals surface area contributed by atoms with Gasteiger partial charge in [-0.1, -0.05) is 18.2 Å². The molecule has 0 bridgehead atoms. The van der Waals surface area contributed by atoms with E-state index in [1.54, 1.807) is 12.1 Å². The zero-order valence-corrected chi connectivity index (χ0v) is 16.3. The van der Waals surface area contributed by atoms with Crippen LogP contribution >= 0.6 is 0 Å². The lowest BCUT2D eigenvalue weighted by atomic mass is 10.0. The molecule has 2 aliphatic rings. The second-order valence-corrected chi connectivity index (χ2v) is 7.62. The number of H-pyrrole nitrogens is 1. The van der Waals surface area contributed by atoms with Crippen molar-refractivity contribution in [1.82, 2.24) is 15.2 Å². The smallest absolute Gasteiger partial charge is 0.231 e. The Kier molecular flexibility index (Phi) is 4.38. The third kappa shape index (κ3) is 3.10. The van der Waals surface area contributed by atoms with Gasteiger partial charge >= 0.3 is 0 Å². The number of nitrogens with zero attached hydrogens (tertiary/aromatic N) is 1. The lowest BCUT2D eigenvalue weighted by Crippen LogP contribution is -2.42. The minimum atomic E-state index is -0.147. The third-order valence-electron chi connectivity index (χ3n) is 5.73. The normalized spacial score (nSPS) is 18.4. The third-order valence-corrected chi connectivity index (χ3v) is 5.73. The zero-order valence-electron chi connectivity index (χ0n) is 16.3. The highest BCUT2D eigenvalue weighted by atomic mass is 16.5. The number of benzene rings is 2. The number of aromatic amines is 1. The highest BCUT2D eigenvalue weighted by Gasteiger charge is 2.32. The Morgan fingerprint density at radius 3 is 2.79 bits per heavy atom. The average Bonchev–Trinajstić information content (AvgIpc) is 3.22. The molecule has 2 aromatic carbocycles. The molecule has 0 radical (unpaired) electrons. The summed E-state index contributed by atoms with van der Waals surface area (Å²) in [5, 5.41) is 14.8. The van der Waals surface area contributed by atoms with Gasteiger partial charge in [0.2, 0.25) is 5.78 Å². The number of aryl methyl sites for hydroxylation is 1. The molecule has 2 aliphatic heterocycles. The number of hydrogen-bond acceptors (Lipinski definition) is 5. The number of hydrogen-bond donors (Lipinski definition) is 3. The van der Waals surface area contributed by atoms with E-state index in [1.807, 2.05) is 37.3 Å². The van der Waals surface area contributed by atoms with Gasteiger partial charge in [0.1, 0.15) is 11.5 Å². The summed E-state index contributed by atoms with van der Waals surface area (Å²) >= 11 is 0. The number of fused-ring (bicyclic) bond motifs is 2. The number of Topliss-reactive ketones (excluding diaryl/α,β-unsaturated/α-hetero) is 1. The van der Waals surface area contributed by atoms with Crippen molar-refractivity contribution >= 4 is 22.8 Å². The molecule has 3 heterocycles. The van der Waals surface area contributed by atoms with Gasteiger partial charge in [0.25, 0.3) is 0 Å². The summed E-state index contributed by atoms with van der Waals surface area (Å²) in [7, 11) is 0. The van der Waals surface area contributed by atoms with Crippen molar-refractivity contribution in [3.63, 3.8) is 0 Å². The molecular formula is C23H23N3O3. The largest absolute Gasteiger partial charge is 0.507 e. The molecule has 0 unspecified atom stereocenters. The summed E-state index contributed by atoms with van der Waals surface area (Å²) in [5.74, 6) is 0.795. The van der Waals surface area contributed by atoms with E-state index >= 15 is 0 Å². The monoisotopic (exact) mass is 389 g/mol. The first-order valence-corrected chi connectivity index (χ1v) is 9.91. The van der Waals surface area contributed by atoms with E-state index in [-0.39, 0.29) is 11.5 Å². The van der Waals surface area contributed by atoms with Crippen molar-refractivity contribution in [1.29, 1.82) is 0 Å². The number of phenols is 1. The number of aromatic nitrogens is 1. The Morgan fingerprint density at radius 2 is 1.97 bits per heavy atom. The van der Waals surface area contributed by atoms with Crippen LogP contribution in [0.4, 0.5) is 0 Å². The van der Waals surface area contributed by atoms with Crippen molar-refractivity contribution in [3.05, 3.63) is 64.5 Å². The number of ether oxygens (including phenoxy) is 1. The number of ketones is 1. The zero-order chi connectivity index (χ0) is 20.0.